The SMILES string of the molecule is CCON1CN=CC=C1c1ccccc1-c1noc(=O)[nH]1. The molecule has 0 saturated carbocycles. The Morgan fingerprint density at radius 1 is 1.38 bits per heavy atom. The van der Waals surface area contributed by atoms with Gasteiger partial charge in [-0.25, -0.2) is 9.86 Å². The molecule has 0 spiro atoms. The first-order valence-electron chi connectivity index (χ1n) is 6.56. The van der Waals surface area contributed by atoms with Crippen LogP contribution in [0.25, 0.3) is 17.1 Å². The fraction of sp³-hybridized carbons (Fsp3) is 0.214. The summed E-state index contributed by atoms with van der Waals surface area (Å²) in [5, 5.41) is 5.45. The van der Waals surface area contributed by atoms with Crippen LogP contribution in [0.1, 0.15) is 12.5 Å². The molecule has 0 aliphatic carbocycles. The summed E-state index contributed by atoms with van der Waals surface area (Å²) in [6.07, 6.45) is 3.59. The maximum atomic E-state index is 11.2. The van der Waals surface area contributed by atoms with E-state index in [-0.39, 0.29) is 0 Å². The van der Waals surface area contributed by atoms with E-state index >= 15 is 0 Å². The summed E-state index contributed by atoms with van der Waals surface area (Å²) in [6, 6.07) is 7.57. The number of aromatic amines is 1. The van der Waals surface area contributed by atoms with E-state index in [4.69, 9.17) is 4.84 Å². The molecule has 0 unspecified atom stereocenters. The number of hydrogen-bond acceptors (Lipinski definition) is 6. The number of nitrogens with zero attached hydrogens (tertiary/aromatic N) is 3. The summed E-state index contributed by atoms with van der Waals surface area (Å²) in [6.45, 7) is 2.87. The minimum Gasteiger partial charge on any atom is -0.296 e. The van der Waals surface area contributed by atoms with E-state index in [2.05, 4.69) is 19.7 Å². The predicted molar refractivity (Wildman–Crippen MR) is 77.4 cm³/mol. The number of aromatic nitrogens is 2. The molecule has 7 nitrogen and oxygen atoms in total. The first kappa shape index (κ1) is 13.3. The maximum Gasteiger partial charge on any atom is 0.439 e. The van der Waals surface area contributed by atoms with Crippen molar-refractivity contribution in [3.8, 4) is 11.4 Å². The fourth-order valence-corrected chi connectivity index (χ4v) is 2.15. The lowest BCUT2D eigenvalue weighted by Gasteiger charge is -2.27. The van der Waals surface area contributed by atoms with Gasteiger partial charge in [-0.1, -0.05) is 29.4 Å². The van der Waals surface area contributed by atoms with Crippen molar-refractivity contribution in [1.82, 2.24) is 15.2 Å². The molecule has 0 amide bonds. The minimum absolute atomic E-state index is 0.385. The summed E-state index contributed by atoms with van der Waals surface area (Å²) in [5.41, 5.74) is 2.49. The van der Waals surface area contributed by atoms with Crippen LogP contribution in [-0.4, -0.2) is 34.7 Å². The van der Waals surface area contributed by atoms with Gasteiger partial charge in [0.05, 0.1) is 12.3 Å². The monoisotopic (exact) mass is 286 g/mol. The Labute approximate surface area is 120 Å². The van der Waals surface area contributed by atoms with Crippen molar-refractivity contribution in [3.05, 3.63) is 46.5 Å². The molecule has 0 atom stereocenters. The zero-order valence-corrected chi connectivity index (χ0v) is 11.4. The molecular formula is C14H14N4O3. The lowest BCUT2D eigenvalue weighted by atomic mass is 10.0. The van der Waals surface area contributed by atoms with Crippen LogP contribution >= 0.6 is 0 Å². The summed E-state index contributed by atoms with van der Waals surface area (Å²) in [5.74, 6) is -0.198. The van der Waals surface area contributed by atoms with Crippen molar-refractivity contribution in [2.75, 3.05) is 13.3 Å². The Kier molecular flexibility index (Phi) is 3.65. The number of benzene rings is 1. The minimum atomic E-state index is -0.583. The molecule has 0 saturated heterocycles. The van der Waals surface area contributed by atoms with Gasteiger partial charge in [-0.05, 0) is 13.0 Å². The van der Waals surface area contributed by atoms with Crippen molar-refractivity contribution < 1.29 is 9.36 Å². The molecule has 0 radical (unpaired) electrons. The van der Waals surface area contributed by atoms with E-state index in [1.807, 2.05) is 37.3 Å². The van der Waals surface area contributed by atoms with Crippen LogP contribution in [-0.2, 0) is 4.84 Å². The molecule has 1 aromatic carbocycles. The van der Waals surface area contributed by atoms with Gasteiger partial charge >= 0.3 is 5.76 Å². The second-order valence-electron chi connectivity index (χ2n) is 4.31. The zero-order chi connectivity index (χ0) is 14.7. The third-order valence-corrected chi connectivity index (χ3v) is 3.00. The van der Waals surface area contributed by atoms with Crippen molar-refractivity contribution in [3.63, 3.8) is 0 Å². The van der Waals surface area contributed by atoms with Crippen LogP contribution in [0.3, 0.4) is 0 Å². The molecule has 108 valence electrons. The largest absolute Gasteiger partial charge is 0.439 e. The molecule has 1 aromatic heterocycles. The standard InChI is InChI=1S/C14H14N4O3/c1-2-20-18-9-15-8-7-12(18)10-5-3-4-6-11(10)13-16-14(19)21-17-13/h3-8H,2,9H2,1H3,(H,16,17,19). The summed E-state index contributed by atoms with van der Waals surface area (Å²) < 4.78 is 4.58. The highest BCUT2D eigenvalue weighted by atomic mass is 16.7. The summed E-state index contributed by atoms with van der Waals surface area (Å²) >= 11 is 0. The second kappa shape index (κ2) is 5.76. The Morgan fingerprint density at radius 3 is 2.90 bits per heavy atom. The molecule has 0 fully saturated rings. The van der Waals surface area contributed by atoms with E-state index in [0.717, 1.165) is 16.8 Å². The Hall–Kier alpha value is -2.67. The molecule has 0 bridgehead atoms. The van der Waals surface area contributed by atoms with Crippen LogP contribution in [0.15, 0.2) is 44.7 Å². The fourth-order valence-electron chi connectivity index (χ4n) is 2.15. The second-order valence-corrected chi connectivity index (χ2v) is 4.31. The van der Waals surface area contributed by atoms with E-state index < -0.39 is 5.76 Å². The molecule has 2 aromatic rings. The van der Waals surface area contributed by atoms with Crippen LogP contribution in [0.2, 0.25) is 0 Å². The lowest BCUT2D eigenvalue weighted by molar-refractivity contribution is -0.102. The van der Waals surface area contributed by atoms with Crippen LogP contribution in [0.5, 0.6) is 0 Å². The highest BCUT2D eigenvalue weighted by molar-refractivity contribution is 5.88. The number of aliphatic imine (C=N–C) groups is 1. The van der Waals surface area contributed by atoms with Crippen molar-refractivity contribution >= 4 is 11.9 Å². The third kappa shape index (κ3) is 2.63. The van der Waals surface area contributed by atoms with E-state index in [1.165, 1.54) is 0 Å². The van der Waals surface area contributed by atoms with Crippen LogP contribution < -0.4 is 5.76 Å². The van der Waals surface area contributed by atoms with Gasteiger partial charge in [0.1, 0.15) is 6.67 Å². The van der Waals surface area contributed by atoms with Crippen molar-refractivity contribution in [2.45, 2.75) is 6.92 Å². The maximum absolute atomic E-state index is 11.2. The normalized spacial score (nSPS) is 14.3. The molecule has 21 heavy (non-hydrogen) atoms. The average molecular weight is 286 g/mol. The zero-order valence-electron chi connectivity index (χ0n) is 11.4. The Bertz CT molecular complexity index is 744. The Balaban J connectivity index is 2.08. The summed E-state index contributed by atoms with van der Waals surface area (Å²) in [7, 11) is 0. The number of hydrogen-bond donors (Lipinski definition) is 1. The van der Waals surface area contributed by atoms with Gasteiger partial charge in [0.25, 0.3) is 0 Å². The highest BCUT2D eigenvalue weighted by Gasteiger charge is 2.19. The van der Waals surface area contributed by atoms with Crippen LogP contribution in [0, 0.1) is 0 Å². The highest BCUT2D eigenvalue weighted by Crippen LogP contribution is 2.29. The quantitative estimate of drug-likeness (QED) is 0.924. The van der Waals surface area contributed by atoms with Gasteiger partial charge in [0.2, 0.25) is 0 Å². The van der Waals surface area contributed by atoms with E-state index in [1.54, 1.807) is 11.3 Å². The number of rotatable bonds is 4. The average Bonchev–Trinajstić information content (AvgIpc) is 2.95. The van der Waals surface area contributed by atoms with Gasteiger partial charge < -0.3 is 0 Å². The number of nitrogens with one attached hydrogen (secondary N) is 1. The van der Waals surface area contributed by atoms with Gasteiger partial charge in [-0.2, -0.15) is 0 Å². The molecule has 1 aliphatic heterocycles. The van der Waals surface area contributed by atoms with Crippen LogP contribution in [0.4, 0.5) is 0 Å². The van der Waals surface area contributed by atoms with E-state index in [9.17, 15) is 4.79 Å². The molecule has 3 rings (SSSR count). The number of allylic oxidation sites excluding steroid dienone is 1. The molecule has 1 N–H and O–H groups in total. The van der Waals surface area contributed by atoms with Crippen molar-refractivity contribution in [1.29, 1.82) is 0 Å². The Morgan fingerprint density at radius 2 is 2.19 bits per heavy atom. The van der Waals surface area contributed by atoms with E-state index in [0.29, 0.717) is 19.1 Å². The summed E-state index contributed by atoms with van der Waals surface area (Å²) in [4.78, 5) is 23.5. The van der Waals surface area contributed by atoms with Gasteiger partial charge in [0.15, 0.2) is 5.82 Å². The van der Waals surface area contributed by atoms with Gasteiger partial charge in [0, 0.05) is 17.3 Å². The third-order valence-electron chi connectivity index (χ3n) is 3.00. The predicted octanol–water partition coefficient (Wildman–Crippen LogP) is 1.67. The first-order chi connectivity index (χ1) is 10.3. The smallest absolute Gasteiger partial charge is 0.296 e. The lowest BCUT2D eigenvalue weighted by Crippen LogP contribution is -2.25. The molecule has 2 heterocycles. The van der Waals surface area contributed by atoms with Gasteiger partial charge in [-0.15, -0.1) is 0 Å². The van der Waals surface area contributed by atoms with Gasteiger partial charge in [-0.3, -0.25) is 19.3 Å². The first-order valence-corrected chi connectivity index (χ1v) is 6.56. The topological polar surface area (TPSA) is 83.7 Å². The van der Waals surface area contributed by atoms with Crippen molar-refractivity contribution in [2.24, 2.45) is 4.99 Å². The molecule has 1 aliphatic rings. The molecular weight excluding hydrogens is 272 g/mol. The molecule has 7 heteroatoms. The number of hydroxylamine groups is 2. The number of H-pyrrole nitrogens is 1.